The van der Waals surface area contributed by atoms with Crippen LogP contribution in [0.4, 0.5) is 0 Å². The fourth-order valence-corrected chi connectivity index (χ4v) is 8.29. The van der Waals surface area contributed by atoms with Crippen molar-refractivity contribution in [3.8, 4) is 73.4 Å². The van der Waals surface area contributed by atoms with Gasteiger partial charge in [-0.25, -0.2) is 9.97 Å². The first-order valence-corrected chi connectivity index (χ1v) is 17.1. The van der Waals surface area contributed by atoms with Crippen LogP contribution in [0.15, 0.2) is 170 Å². The summed E-state index contributed by atoms with van der Waals surface area (Å²) in [5.41, 5.74) is 16.8. The maximum atomic E-state index is 9.43. The van der Waals surface area contributed by atoms with Gasteiger partial charge in [0.15, 0.2) is 5.82 Å². The first-order valence-electron chi connectivity index (χ1n) is 17.1. The molecule has 4 heteroatoms. The fourth-order valence-electron chi connectivity index (χ4n) is 8.29. The molecule has 0 amide bonds. The molecule has 0 fully saturated rings. The minimum absolute atomic E-state index is 0.539. The van der Waals surface area contributed by atoms with Crippen molar-refractivity contribution >= 4 is 0 Å². The van der Waals surface area contributed by atoms with E-state index < -0.39 is 5.41 Å². The van der Waals surface area contributed by atoms with Crippen LogP contribution >= 0.6 is 0 Å². The van der Waals surface area contributed by atoms with Crippen molar-refractivity contribution in [1.29, 1.82) is 5.26 Å². The van der Waals surface area contributed by atoms with Gasteiger partial charge in [0.25, 0.3) is 0 Å². The molecule has 0 unspecified atom stereocenters. The van der Waals surface area contributed by atoms with Gasteiger partial charge < -0.3 is 0 Å². The van der Waals surface area contributed by atoms with Crippen molar-refractivity contribution < 1.29 is 0 Å². The van der Waals surface area contributed by atoms with Crippen LogP contribution in [0.2, 0.25) is 0 Å². The first-order chi connectivity index (χ1) is 25.2. The molecular formula is C47H28N4. The van der Waals surface area contributed by atoms with Gasteiger partial charge >= 0.3 is 0 Å². The molecule has 2 heterocycles. The van der Waals surface area contributed by atoms with Crippen LogP contribution in [0.25, 0.3) is 67.3 Å². The summed E-state index contributed by atoms with van der Waals surface area (Å²) in [4.78, 5) is 14.7. The summed E-state index contributed by atoms with van der Waals surface area (Å²) in [5, 5.41) is 9.43. The summed E-state index contributed by atoms with van der Waals surface area (Å²) >= 11 is 0. The minimum Gasteiger partial charge on any atom is -0.264 e. The van der Waals surface area contributed by atoms with Crippen LogP contribution in [0.3, 0.4) is 0 Å². The Labute approximate surface area is 296 Å². The summed E-state index contributed by atoms with van der Waals surface area (Å²) in [6.45, 7) is 0. The lowest BCUT2D eigenvalue weighted by atomic mass is 9.66. The number of rotatable bonds is 3. The Bertz CT molecular complexity index is 2660. The zero-order valence-electron chi connectivity index (χ0n) is 27.5. The number of hydrogen-bond acceptors (Lipinski definition) is 4. The van der Waals surface area contributed by atoms with E-state index in [1.54, 1.807) is 6.20 Å². The number of fused-ring (bicyclic) bond motifs is 12. The van der Waals surface area contributed by atoms with Crippen molar-refractivity contribution in [2.45, 2.75) is 5.41 Å². The molecule has 0 atom stereocenters. The molecule has 0 saturated heterocycles. The van der Waals surface area contributed by atoms with Gasteiger partial charge in [0.1, 0.15) is 0 Å². The highest BCUT2D eigenvalue weighted by Crippen LogP contribution is 2.61. The van der Waals surface area contributed by atoms with E-state index in [1.165, 1.54) is 50.1 Å². The molecule has 2 aliphatic carbocycles. The predicted octanol–water partition coefficient (Wildman–Crippen LogP) is 10.8. The first kappa shape index (κ1) is 29.0. The Morgan fingerprint density at radius 3 is 1.53 bits per heavy atom. The molecule has 0 saturated carbocycles. The van der Waals surface area contributed by atoms with Crippen molar-refractivity contribution in [3.63, 3.8) is 0 Å². The second-order valence-electron chi connectivity index (χ2n) is 13.1. The van der Waals surface area contributed by atoms with Crippen LogP contribution in [0.1, 0.15) is 27.8 Å². The maximum Gasteiger partial charge on any atom is 0.160 e. The Kier molecular flexibility index (Phi) is 6.43. The van der Waals surface area contributed by atoms with E-state index in [0.717, 1.165) is 33.6 Å². The number of nitriles is 1. The summed E-state index contributed by atoms with van der Waals surface area (Å²) in [7, 11) is 0. The van der Waals surface area contributed by atoms with Gasteiger partial charge in [-0.1, -0.05) is 121 Å². The Balaban J connectivity index is 1.28. The molecule has 6 aromatic carbocycles. The standard InChI is InChI=1S/C47H28N4/c48-28-30-19-21-31(22-20-30)44-27-45(33-10-9-25-49-29-33)51-46(50-44)32-23-24-43-39(26-32)35-12-2-1-11-34(35)36-13-3-6-16-40(36)47(43)41-17-7-4-14-37(41)38-15-5-8-18-42(38)47/h1-27,29H. The molecule has 1 spiro atoms. The van der Waals surface area contributed by atoms with Gasteiger partial charge in [0.05, 0.1) is 28.4 Å². The van der Waals surface area contributed by atoms with Crippen molar-refractivity contribution in [3.05, 3.63) is 198 Å². The van der Waals surface area contributed by atoms with E-state index in [-0.39, 0.29) is 0 Å². The fraction of sp³-hybridized carbons (Fsp3) is 0.0213. The monoisotopic (exact) mass is 648 g/mol. The molecule has 0 bridgehead atoms. The van der Waals surface area contributed by atoms with Gasteiger partial charge in [-0.15, -0.1) is 0 Å². The Morgan fingerprint density at radius 2 is 0.941 bits per heavy atom. The predicted molar refractivity (Wildman–Crippen MR) is 203 cm³/mol. The second-order valence-corrected chi connectivity index (χ2v) is 13.1. The molecule has 0 radical (unpaired) electrons. The third-order valence-corrected chi connectivity index (χ3v) is 10.5. The second kappa shape index (κ2) is 11.3. The van der Waals surface area contributed by atoms with E-state index in [9.17, 15) is 5.26 Å². The summed E-state index contributed by atoms with van der Waals surface area (Å²) in [6, 6.07) is 58.0. The normalized spacial score (nSPS) is 12.8. The molecule has 2 aromatic heterocycles. The van der Waals surface area contributed by atoms with Crippen LogP contribution < -0.4 is 0 Å². The van der Waals surface area contributed by atoms with E-state index in [4.69, 9.17) is 9.97 Å². The van der Waals surface area contributed by atoms with Crippen LogP contribution in [-0.2, 0) is 5.41 Å². The lowest BCUT2D eigenvalue weighted by Crippen LogP contribution is -2.29. The van der Waals surface area contributed by atoms with Gasteiger partial charge in [0, 0.05) is 29.1 Å². The van der Waals surface area contributed by atoms with Crippen LogP contribution in [0.5, 0.6) is 0 Å². The highest BCUT2D eigenvalue weighted by Gasteiger charge is 2.49. The van der Waals surface area contributed by atoms with E-state index in [0.29, 0.717) is 11.4 Å². The van der Waals surface area contributed by atoms with Crippen molar-refractivity contribution in [2.75, 3.05) is 0 Å². The highest BCUT2D eigenvalue weighted by molar-refractivity contribution is 5.98. The summed E-state index contributed by atoms with van der Waals surface area (Å²) in [5.74, 6) is 0.624. The number of benzene rings is 6. The van der Waals surface area contributed by atoms with E-state index >= 15 is 0 Å². The zero-order valence-corrected chi connectivity index (χ0v) is 27.5. The molecule has 51 heavy (non-hydrogen) atoms. The molecule has 236 valence electrons. The van der Waals surface area contributed by atoms with E-state index in [1.807, 2.05) is 48.7 Å². The van der Waals surface area contributed by atoms with Gasteiger partial charge in [-0.3, -0.25) is 4.98 Å². The number of hydrogen-bond donors (Lipinski definition) is 0. The van der Waals surface area contributed by atoms with Crippen LogP contribution in [-0.4, -0.2) is 15.0 Å². The summed E-state index contributed by atoms with van der Waals surface area (Å²) in [6.07, 6.45) is 3.60. The molecule has 8 aromatic rings. The molecule has 2 aliphatic rings. The Hall–Kier alpha value is -6.96. The average molecular weight is 649 g/mol. The lowest BCUT2D eigenvalue weighted by Gasteiger charge is -2.35. The van der Waals surface area contributed by atoms with Gasteiger partial charge in [0.2, 0.25) is 0 Å². The maximum absolute atomic E-state index is 9.43. The van der Waals surface area contributed by atoms with E-state index in [2.05, 4.69) is 126 Å². The molecular weight excluding hydrogens is 621 g/mol. The van der Waals surface area contributed by atoms with Crippen molar-refractivity contribution in [2.24, 2.45) is 0 Å². The quantitative estimate of drug-likeness (QED) is 0.191. The molecule has 10 rings (SSSR count). The van der Waals surface area contributed by atoms with Gasteiger partial charge in [-0.2, -0.15) is 5.26 Å². The topological polar surface area (TPSA) is 62.5 Å². The molecule has 0 aliphatic heterocycles. The average Bonchev–Trinajstić information content (AvgIpc) is 3.46. The minimum atomic E-state index is -0.539. The largest absolute Gasteiger partial charge is 0.264 e. The third-order valence-electron chi connectivity index (χ3n) is 10.5. The third kappa shape index (κ3) is 4.29. The SMILES string of the molecule is N#Cc1ccc(-c2cc(-c3cccnc3)nc(-c3ccc4c(c3)-c3ccccc3-c3ccccc3C43c4ccccc4-c4ccccc43)n2)cc1. The summed E-state index contributed by atoms with van der Waals surface area (Å²) < 4.78 is 0. The molecule has 4 nitrogen and oxygen atoms in total. The van der Waals surface area contributed by atoms with Gasteiger partial charge in [-0.05, 0) is 92.0 Å². The number of nitrogens with zero attached hydrogens (tertiary/aromatic N) is 4. The zero-order chi connectivity index (χ0) is 33.9. The lowest BCUT2D eigenvalue weighted by molar-refractivity contribution is 0.775. The Morgan fingerprint density at radius 1 is 0.431 bits per heavy atom. The number of pyridine rings is 1. The van der Waals surface area contributed by atoms with Crippen LogP contribution in [0, 0.1) is 11.3 Å². The molecule has 0 N–H and O–H groups in total. The smallest absolute Gasteiger partial charge is 0.160 e. The number of aromatic nitrogens is 3. The van der Waals surface area contributed by atoms with Crippen molar-refractivity contribution in [1.82, 2.24) is 15.0 Å². The highest BCUT2D eigenvalue weighted by atomic mass is 14.9.